The Hall–Kier alpha value is -1.95. The van der Waals surface area contributed by atoms with Crippen LogP contribution in [-0.4, -0.2) is 41.5 Å². The third kappa shape index (κ3) is 3.05. The third-order valence-electron chi connectivity index (χ3n) is 3.85. The molecule has 0 aliphatic carbocycles. The number of morpholine rings is 1. The molecular formula is C15H20N4O2. The molecule has 1 saturated heterocycles. The second-order valence-electron chi connectivity index (χ2n) is 5.27. The van der Waals surface area contributed by atoms with Crippen LogP contribution in [0.25, 0.3) is 11.5 Å². The number of anilines is 1. The molecular weight excluding hydrogens is 268 g/mol. The van der Waals surface area contributed by atoms with Crippen LogP contribution in [-0.2, 0) is 4.74 Å². The Morgan fingerprint density at radius 3 is 2.71 bits per heavy atom. The lowest BCUT2D eigenvalue weighted by atomic mass is 10.0. The van der Waals surface area contributed by atoms with Gasteiger partial charge in [-0.25, -0.2) is 0 Å². The van der Waals surface area contributed by atoms with Gasteiger partial charge in [-0.1, -0.05) is 18.9 Å². The molecule has 1 unspecified atom stereocenters. The number of nitrogens with zero attached hydrogens (tertiary/aromatic N) is 4. The minimum atomic E-state index is 0.464. The van der Waals surface area contributed by atoms with Gasteiger partial charge in [-0.15, -0.1) is 5.10 Å². The molecule has 0 saturated carbocycles. The second kappa shape index (κ2) is 6.22. The normalized spacial score (nSPS) is 17.0. The second-order valence-corrected chi connectivity index (χ2v) is 5.27. The van der Waals surface area contributed by atoms with Crippen LogP contribution < -0.4 is 4.90 Å². The highest BCUT2D eigenvalue weighted by molar-refractivity contribution is 5.52. The van der Waals surface area contributed by atoms with Crippen LogP contribution in [0.4, 0.5) is 6.01 Å². The maximum absolute atomic E-state index is 5.74. The number of aromatic nitrogens is 3. The van der Waals surface area contributed by atoms with Crippen molar-refractivity contribution in [3.8, 4) is 11.5 Å². The number of rotatable bonds is 4. The van der Waals surface area contributed by atoms with Gasteiger partial charge in [0.15, 0.2) is 0 Å². The monoisotopic (exact) mass is 288 g/mol. The van der Waals surface area contributed by atoms with E-state index in [1.165, 1.54) is 0 Å². The van der Waals surface area contributed by atoms with E-state index in [-0.39, 0.29) is 0 Å². The molecule has 0 bridgehead atoms. The van der Waals surface area contributed by atoms with Crippen molar-refractivity contribution in [2.45, 2.75) is 26.2 Å². The summed E-state index contributed by atoms with van der Waals surface area (Å²) in [6, 6.07) is 4.58. The highest BCUT2D eigenvalue weighted by Gasteiger charge is 2.18. The van der Waals surface area contributed by atoms with E-state index in [9.17, 15) is 0 Å². The summed E-state index contributed by atoms with van der Waals surface area (Å²) in [5, 5.41) is 8.23. The smallest absolute Gasteiger partial charge is 0.318 e. The zero-order valence-corrected chi connectivity index (χ0v) is 12.5. The maximum Gasteiger partial charge on any atom is 0.318 e. The van der Waals surface area contributed by atoms with E-state index >= 15 is 0 Å². The lowest BCUT2D eigenvalue weighted by Crippen LogP contribution is -2.36. The molecule has 0 spiro atoms. The van der Waals surface area contributed by atoms with E-state index in [2.05, 4.69) is 29.0 Å². The van der Waals surface area contributed by atoms with Crippen molar-refractivity contribution in [2.75, 3.05) is 31.2 Å². The Kier molecular flexibility index (Phi) is 4.15. The Labute approximate surface area is 124 Å². The van der Waals surface area contributed by atoms with Crippen molar-refractivity contribution >= 4 is 6.01 Å². The first-order valence-corrected chi connectivity index (χ1v) is 7.40. The summed E-state index contributed by atoms with van der Waals surface area (Å²) in [6.45, 7) is 7.30. The van der Waals surface area contributed by atoms with Gasteiger partial charge in [-0.3, -0.25) is 4.98 Å². The maximum atomic E-state index is 5.74. The first-order chi connectivity index (χ1) is 10.3. The Morgan fingerprint density at radius 2 is 2.05 bits per heavy atom. The van der Waals surface area contributed by atoms with Gasteiger partial charge < -0.3 is 14.1 Å². The first-order valence-electron chi connectivity index (χ1n) is 7.40. The van der Waals surface area contributed by atoms with Gasteiger partial charge in [0.1, 0.15) is 0 Å². The van der Waals surface area contributed by atoms with Gasteiger partial charge in [-0.2, -0.15) is 0 Å². The molecule has 0 amide bonds. The van der Waals surface area contributed by atoms with Crippen LogP contribution in [0.2, 0.25) is 0 Å². The van der Waals surface area contributed by atoms with Crippen LogP contribution in [0.5, 0.6) is 0 Å². The van der Waals surface area contributed by atoms with Crippen molar-refractivity contribution in [3.63, 3.8) is 0 Å². The van der Waals surface area contributed by atoms with Crippen LogP contribution in [0, 0.1) is 0 Å². The number of ether oxygens (including phenoxy) is 1. The lowest BCUT2D eigenvalue weighted by Gasteiger charge is -2.24. The highest BCUT2D eigenvalue weighted by atomic mass is 16.5. The van der Waals surface area contributed by atoms with E-state index < -0.39 is 0 Å². The van der Waals surface area contributed by atoms with Crippen LogP contribution in [0.1, 0.15) is 31.9 Å². The summed E-state index contributed by atoms with van der Waals surface area (Å²) in [4.78, 5) is 6.53. The van der Waals surface area contributed by atoms with E-state index in [1.54, 1.807) is 6.20 Å². The fourth-order valence-electron chi connectivity index (χ4n) is 2.25. The van der Waals surface area contributed by atoms with Crippen molar-refractivity contribution in [1.29, 1.82) is 0 Å². The van der Waals surface area contributed by atoms with Crippen LogP contribution >= 0.6 is 0 Å². The number of hydrogen-bond acceptors (Lipinski definition) is 6. The number of hydrogen-bond donors (Lipinski definition) is 0. The predicted molar refractivity (Wildman–Crippen MR) is 79.3 cm³/mol. The molecule has 0 radical (unpaired) electrons. The summed E-state index contributed by atoms with van der Waals surface area (Å²) in [6.07, 6.45) is 2.88. The van der Waals surface area contributed by atoms with E-state index in [0.717, 1.165) is 30.8 Å². The minimum Gasteiger partial charge on any atom is -0.403 e. The van der Waals surface area contributed by atoms with Crippen LogP contribution in [0.3, 0.4) is 0 Å². The van der Waals surface area contributed by atoms with Gasteiger partial charge in [0.25, 0.3) is 5.89 Å². The average molecular weight is 288 g/mol. The quantitative estimate of drug-likeness (QED) is 0.861. The molecule has 1 aliphatic heterocycles. The molecule has 0 N–H and O–H groups in total. The van der Waals surface area contributed by atoms with E-state index in [4.69, 9.17) is 9.15 Å². The molecule has 1 aliphatic rings. The number of pyridine rings is 1. The summed E-state index contributed by atoms with van der Waals surface area (Å²) in [5.74, 6) is 0.977. The molecule has 2 aromatic heterocycles. The Balaban J connectivity index is 1.76. The molecule has 0 aromatic carbocycles. The fourth-order valence-corrected chi connectivity index (χ4v) is 2.25. The predicted octanol–water partition coefficient (Wildman–Crippen LogP) is 2.48. The fraction of sp³-hybridized carbons (Fsp3) is 0.533. The summed E-state index contributed by atoms with van der Waals surface area (Å²) in [5.41, 5.74) is 1.95. The molecule has 112 valence electrons. The largest absolute Gasteiger partial charge is 0.403 e. The summed E-state index contributed by atoms with van der Waals surface area (Å²) >= 11 is 0. The molecule has 3 heterocycles. The van der Waals surface area contributed by atoms with E-state index in [1.807, 2.05) is 17.0 Å². The van der Waals surface area contributed by atoms with Gasteiger partial charge in [0.2, 0.25) is 0 Å². The van der Waals surface area contributed by atoms with Crippen molar-refractivity contribution < 1.29 is 9.15 Å². The molecule has 6 nitrogen and oxygen atoms in total. The Bertz CT molecular complexity index is 576. The minimum absolute atomic E-state index is 0.464. The third-order valence-corrected chi connectivity index (χ3v) is 3.85. The molecule has 6 heteroatoms. The molecule has 21 heavy (non-hydrogen) atoms. The lowest BCUT2D eigenvalue weighted by molar-refractivity contribution is 0.120. The first kappa shape index (κ1) is 14.0. The summed E-state index contributed by atoms with van der Waals surface area (Å²) < 4.78 is 11.1. The van der Waals surface area contributed by atoms with Gasteiger partial charge in [0, 0.05) is 25.0 Å². The zero-order valence-electron chi connectivity index (χ0n) is 12.5. The molecule has 1 atom stereocenters. The zero-order chi connectivity index (χ0) is 14.7. The van der Waals surface area contributed by atoms with Gasteiger partial charge >= 0.3 is 6.01 Å². The van der Waals surface area contributed by atoms with Gasteiger partial charge in [0.05, 0.1) is 18.8 Å². The molecule has 1 fully saturated rings. The van der Waals surface area contributed by atoms with Crippen LogP contribution in [0.15, 0.2) is 22.7 Å². The standard InChI is InChI=1S/C15H20N4O2/c1-3-11(2)13-5-4-12(10-16-13)14-17-18-15(21-14)19-6-8-20-9-7-19/h4-5,10-11H,3,6-9H2,1-2H3. The van der Waals surface area contributed by atoms with Gasteiger partial charge in [-0.05, 0) is 24.5 Å². The highest BCUT2D eigenvalue weighted by Crippen LogP contribution is 2.24. The Morgan fingerprint density at radius 1 is 1.24 bits per heavy atom. The topological polar surface area (TPSA) is 64.3 Å². The molecule has 3 rings (SSSR count). The van der Waals surface area contributed by atoms with Crippen molar-refractivity contribution in [2.24, 2.45) is 0 Å². The van der Waals surface area contributed by atoms with Crippen molar-refractivity contribution in [3.05, 3.63) is 24.0 Å². The van der Waals surface area contributed by atoms with E-state index in [0.29, 0.717) is 31.0 Å². The average Bonchev–Trinajstić information content (AvgIpc) is 3.05. The summed E-state index contributed by atoms with van der Waals surface area (Å²) in [7, 11) is 0. The molecule has 2 aromatic rings. The SMILES string of the molecule is CCC(C)c1ccc(-c2nnc(N3CCOCC3)o2)cn1. The van der Waals surface area contributed by atoms with Crippen molar-refractivity contribution in [1.82, 2.24) is 15.2 Å².